The van der Waals surface area contributed by atoms with E-state index in [1.807, 2.05) is 0 Å². The van der Waals surface area contributed by atoms with Crippen LogP contribution in [0.15, 0.2) is 48.6 Å². The first-order valence-electron chi connectivity index (χ1n) is 23.0. The fourth-order valence-electron chi connectivity index (χ4n) is 6.92. The molecule has 0 aromatic heterocycles. The molecule has 8 N–H and O–H groups in total. The zero-order chi connectivity index (χ0) is 42.6. The van der Waals surface area contributed by atoms with E-state index in [4.69, 9.17) is 9.47 Å². The first-order valence-corrected chi connectivity index (χ1v) is 23.0. The van der Waals surface area contributed by atoms with E-state index in [9.17, 15) is 40.5 Å². The van der Waals surface area contributed by atoms with Crippen LogP contribution in [0, 0.1) is 0 Å². The van der Waals surface area contributed by atoms with Crippen LogP contribution in [0.25, 0.3) is 0 Å². The van der Waals surface area contributed by atoms with E-state index in [-0.39, 0.29) is 12.8 Å². The second-order valence-electron chi connectivity index (χ2n) is 16.1. The zero-order valence-corrected chi connectivity index (χ0v) is 36.3. The van der Waals surface area contributed by atoms with E-state index < -0.39 is 74.2 Å². The molecule has 11 heteroatoms. The monoisotopic (exact) mass is 824 g/mol. The van der Waals surface area contributed by atoms with Gasteiger partial charge >= 0.3 is 0 Å². The summed E-state index contributed by atoms with van der Waals surface area (Å²) >= 11 is 0. The van der Waals surface area contributed by atoms with Gasteiger partial charge in [0.05, 0.1) is 25.4 Å². The van der Waals surface area contributed by atoms with Gasteiger partial charge in [0, 0.05) is 0 Å². The molecule has 1 rings (SSSR count). The molecule has 338 valence electrons. The summed E-state index contributed by atoms with van der Waals surface area (Å²) in [5.41, 5.74) is 0. The smallest absolute Gasteiger partial charge is 0.249 e. The summed E-state index contributed by atoms with van der Waals surface area (Å²) in [6.07, 6.45) is 31.8. The fraction of sp³-hybridized carbons (Fsp3) is 0.809. The largest absolute Gasteiger partial charge is 0.394 e. The number of ether oxygens (including phenoxy) is 2. The summed E-state index contributed by atoms with van der Waals surface area (Å²) in [6, 6.07) is -1.20. The summed E-state index contributed by atoms with van der Waals surface area (Å²) in [7, 11) is 0. The van der Waals surface area contributed by atoms with Gasteiger partial charge in [-0.25, -0.2) is 0 Å². The van der Waals surface area contributed by atoms with Crippen LogP contribution in [0.1, 0.15) is 174 Å². The molecule has 58 heavy (non-hydrogen) atoms. The SMILES string of the molecule is CCCC/C=C\CCCCCCC(O)C(=O)NC(COC1OC(CO)C(O)C(O)C1O)C(O)C(O)CCC/C=C/CC/C=C/CC/C=C/CCCCCCCCCC. The maximum absolute atomic E-state index is 13.0. The average Bonchev–Trinajstić information content (AvgIpc) is 3.22. The van der Waals surface area contributed by atoms with Gasteiger partial charge in [0.2, 0.25) is 5.91 Å². The Labute approximate surface area is 351 Å². The number of aliphatic hydroxyl groups is 7. The number of unbranched alkanes of at least 4 members (excludes halogenated alkanes) is 17. The van der Waals surface area contributed by atoms with Crippen molar-refractivity contribution in [3.8, 4) is 0 Å². The summed E-state index contributed by atoms with van der Waals surface area (Å²) in [6.45, 7) is 3.34. The number of nitrogens with one attached hydrogen (secondary N) is 1. The van der Waals surface area contributed by atoms with Crippen LogP contribution in [0.2, 0.25) is 0 Å². The van der Waals surface area contributed by atoms with Gasteiger partial charge in [-0.2, -0.15) is 0 Å². The maximum atomic E-state index is 13.0. The molecule has 11 nitrogen and oxygen atoms in total. The van der Waals surface area contributed by atoms with Crippen LogP contribution in [-0.2, 0) is 14.3 Å². The second kappa shape index (κ2) is 36.9. The van der Waals surface area contributed by atoms with Crippen molar-refractivity contribution in [1.82, 2.24) is 5.32 Å². The third-order valence-corrected chi connectivity index (χ3v) is 10.8. The molecule has 0 bridgehead atoms. The second-order valence-corrected chi connectivity index (χ2v) is 16.1. The van der Waals surface area contributed by atoms with E-state index in [0.717, 1.165) is 57.8 Å². The van der Waals surface area contributed by atoms with Gasteiger partial charge in [0.15, 0.2) is 6.29 Å². The number of amides is 1. The normalized spacial score (nSPS) is 22.4. The van der Waals surface area contributed by atoms with Crippen molar-refractivity contribution in [2.45, 2.75) is 229 Å². The fourth-order valence-corrected chi connectivity index (χ4v) is 6.92. The predicted molar refractivity (Wildman–Crippen MR) is 233 cm³/mol. The molecule has 9 atom stereocenters. The van der Waals surface area contributed by atoms with Crippen molar-refractivity contribution >= 4 is 5.91 Å². The molecule has 0 saturated carbocycles. The summed E-state index contributed by atoms with van der Waals surface area (Å²) in [5.74, 6) is -0.727. The molecule has 0 aromatic carbocycles. The highest BCUT2D eigenvalue weighted by molar-refractivity contribution is 5.80. The highest BCUT2D eigenvalue weighted by Gasteiger charge is 2.44. The number of allylic oxidation sites excluding steroid dienone is 8. The van der Waals surface area contributed by atoms with Crippen LogP contribution >= 0.6 is 0 Å². The lowest BCUT2D eigenvalue weighted by Gasteiger charge is -2.40. The topological polar surface area (TPSA) is 189 Å². The number of rotatable bonds is 37. The van der Waals surface area contributed by atoms with Crippen molar-refractivity contribution in [2.24, 2.45) is 0 Å². The summed E-state index contributed by atoms with van der Waals surface area (Å²) in [5, 5.41) is 75.4. The van der Waals surface area contributed by atoms with E-state index in [2.05, 4.69) is 67.8 Å². The molecule has 1 aliphatic heterocycles. The molecule has 0 aliphatic carbocycles. The highest BCUT2D eigenvalue weighted by Crippen LogP contribution is 2.23. The third kappa shape index (κ3) is 26.3. The average molecular weight is 824 g/mol. The summed E-state index contributed by atoms with van der Waals surface area (Å²) < 4.78 is 11.0. The first-order chi connectivity index (χ1) is 28.2. The lowest BCUT2D eigenvalue weighted by atomic mass is 9.98. The van der Waals surface area contributed by atoms with Gasteiger partial charge in [0.25, 0.3) is 0 Å². The van der Waals surface area contributed by atoms with Crippen molar-refractivity contribution in [2.75, 3.05) is 13.2 Å². The number of carbonyl (C=O) groups is 1. The van der Waals surface area contributed by atoms with Gasteiger partial charge in [-0.3, -0.25) is 4.79 Å². The Morgan fingerprint density at radius 1 is 0.586 bits per heavy atom. The van der Waals surface area contributed by atoms with Gasteiger partial charge in [0.1, 0.15) is 36.6 Å². The van der Waals surface area contributed by atoms with Gasteiger partial charge in [-0.05, 0) is 83.5 Å². The molecule has 9 unspecified atom stereocenters. The molecular weight excluding hydrogens is 739 g/mol. The maximum Gasteiger partial charge on any atom is 0.249 e. The van der Waals surface area contributed by atoms with Crippen molar-refractivity contribution in [3.63, 3.8) is 0 Å². The molecule has 1 amide bonds. The zero-order valence-electron chi connectivity index (χ0n) is 36.3. The van der Waals surface area contributed by atoms with Crippen LogP contribution in [0.5, 0.6) is 0 Å². The Morgan fingerprint density at radius 2 is 1.05 bits per heavy atom. The van der Waals surface area contributed by atoms with Gasteiger partial charge < -0.3 is 50.5 Å². The lowest BCUT2D eigenvalue weighted by Crippen LogP contribution is -2.60. The van der Waals surface area contributed by atoms with Crippen molar-refractivity contribution in [3.05, 3.63) is 48.6 Å². The molecule has 1 saturated heterocycles. The van der Waals surface area contributed by atoms with Crippen LogP contribution in [0.3, 0.4) is 0 Å². The van der Waals surface area contributed by atoms with E-state index in [1.165, 1.54) is 70.6 Å². The number of carbonyl (C=O) groups excluding carboxylic acids is 1. The molecule has 1 heterocycles. The Kier molecular flexibility index (Phi) is 34.4. The Balaban J connectivity index is 2.48. The molecular formula is C47H85NO10. The lowest BCUT2D eigenvalue weighted by molar-refractivity contribution is -0.303. The van der Waals surface area contributed by atoms with Crippen molar-refractivity contribution in [1.29, 1.82) is 0 Å². The number of hydrogen-bond donors (Lipinski definition) is 8. The van der Waals surface area contributed by atoms with Crippen LogP contribution in [-0.4, -0.2) is 110 Å². The van der Waals surface area contributed by atoms with E-state index in [1.54, 1.807) is 0 Å². The molecule has 1 fully saturated rings. The van der Waals surface area contributed by atoms with E-state index >= 15 is 0 Å². The van der Waals surface area contributed by atoms with Gasteiger partial charge in [-0.15, -0.1) is 0 Å². The number of aliphatic hydroxyl groups excluding tert-OH is 7. The van der Waals surface area contributed by atoms with Crippen molar-refractivity contribution < 1.29 is 50.0 Å². The quantitative estimate of drug-likeness (QED) is 0.0232. The molecule has 0 radical (unpaired) electrons. The minimum atomic E-state index is -1.67. The number of hydrogen-bond acceptors (Lipinski definition) is 10. The Morgan fingerprint density at radius 3 is 1.59 bits per heavy atom. The highest BCUT2D eigenvalue weighted by atomic mass is 16.7. The molecule has 0 spiro atoms. The van der Waals surface area contributed by atoms with Crippen LogP contribution in [0.4, 0.5) is 0 Å². The Bertz CT molecular complexity index is 1080. The molecule has 1 aliphatic rings. The molecule has 0 aromatic rings. The standard InChI is InChI=1S/C47H85NO10/c1-3-5-7-9-11-13-15-16-17-18-19-20-21-22-23-24-25-27-28-30-32-34-39(50)42(52)38(37-57-47-45(55)44(54)43(53)41(36-49)58-47)48-46(56)40(51)35-33-31-29-26-14-12-10-8-6-4-2/h10,12,18-19,22-23,27-28,38-45,47,49-55H,3-9,11,13-17,20-21,24-26,29-37H2,1-2H3,(H,48,56)/b12-10-,19-18+,23-22+,28-27+. The van der Waals surface area contributed by atoms with Crippen LogP contribution < -0.4 is 5.32 Å². The van der Waals surface area contributed by atoms with E-state index in [0.29, 0.717) is 19.3 Å². The minimum Gasteiger partial charge on any atom is -0.394 e. The third-order valence-electron chi connectivity index (χ3n) is 10.8. The summed E-state index contributed by atoms with van der Waals surface area (Å²) in [4.78, 5) is 13.0. The first kappa shape index (κ1) is 54.1. The predicted octanol–water partition coefficient (Wildman–Crippen LogP) is 7.39. The minimum absolute atomic E-state index is 0.232. The van der Waals surface area contributed by atoms with Gasteiger partial charge in [-0.1, -0.05) is 140 Å². The Hall–Kier alpha value is -1.93.